The first kappa shape index (κ1) is 12.3. The van der Waals surface area contributed by atoms with E-state index in [4.69, 9.17) is 0 Å². The Morgan fingerprint density at radius 3 is 2.59 bits per heavy atom. The molecule has 1 unspecified atom stereocenters. The molecule has 0 aliphatic heterocycles. The van der Waals surface area contributed by atoms with Crippen LogP contribution in [0.15, 0.2) is 36.4 Å². The number of hydrogen-bond donors (Lipinski definition) is 1. The van der Waals surface area contributed by atoms with Gasteiger partial charge in [0.25, 0.3) is 0 Å². The van der Waals surface area contributed by atoms with Crippen LogP contribution < -0.4 is 0 Å². The zero-order valence-electron chi connectivity index (χ0n) is 9.90. The average Bonchev–Trinajstić information content (AvgIpc) is 2.75. The summed E-state index contributed by atoms with van der Waals surface area (Å²) in [5, 5.41) is 10.7. The van der Waals surface area contributed by atoms with Crippen LogP contribution in [0.25, 0.3) is 0 Å². The highest BCUT2D eigenvalue weighted by Crippen LogP contribution is 2.37. The van der Waals surface area contributed by atoms with Gasteiger partial charge in [0.15, 0.2) is 0 Å². The van der Waals surface area contributed by atoms with E-state index in [1.165, 1.54) is 12.1 Å². The average molecular weight is 250 g/mol. The first-order valence-electron chi connectivity index (χ1n) is 5.61. The van der Waals surface area contributed by atoms with Gasteiger partial charge in [0.2, 0.25) is 0 Å². The maximum atomic E-state index is 13.2. The van der Waals surface area contributed by atoms with E-state index in [9.17, 15) is 9.50 Å². The molecule has 0 bridgehead atoms. The fourth-order valence-corrected chi connectivity index (χ4v) is 2.97. The fourth-order valence-electron chi connectivity index (χ4n) is 1.92. The molecular weight excluding hydrogens is 235 g/mol. The minimum absolute atomic E-state index is 0.317. The highest BCUT2D eigenvalue weighted by Gasteiger charge is 2.31. The molecule has 2 rings (SSSR count). The van der Waals surface area contributed by atoms with Crippen LogP contribution in [0.5, 0.6) is 0 Å². The summed E-state index contributed by atoms with van der Waals surface area (Å²) in [6, 6.07) is 10.1. The van der Waals surface area contributed by atoms with Crippen LogP contribution in [0.3, 0.4) is 0 Å². The quantitative estimate of drug-likeness (QED) is 0.877. The van der Waals surface area contributed by atoms with Crippen molar-refractivity contribution in [3.8, 4) is 0 Å². The van der Waals surface area contributed by atoms with Crippen LogP contribution in [-0.4, -0.2) is 5.11 Å². The molecule has 1 heterocycles. The molecule has 0 amide bonds. The van der Waals surface area contributed by atoms with Gasteiger partial charge < -0.3 is 5.11 Å². The molecule has 17 heavy (non-hydrogen) atoms. The maximum absolute atomic E-state index is 13.2. The Kier molecular flexibility index (Phi) is 3.31. The smallest absolute Gasteiger partial charge is 0.124 e. The molecule has 0 spiro atoms. The second kappa shape index (κ2) is 4.59. The molecule has 90 valence electrons. The summed E-state index contributed by atoms with van der Waals surface area (Å²) in [7, 11) is 0. The van der Waals surface area contributed by atoms with E-state index in [1.807, 2.05) is 26.0 Å². The van der Waals surface area contributed by atoms with Crippen LogP contribution in [-0.2, 0) is 5.60 Å². The van der Waals surface area contributed by atoms with Crippen LogP contribution in [0.1, 0.15) is 28.7 Å². The standard InChI is InChI=1S/C14H15FOS/c1-3-14(16,13-8-7-10(2)17-13)11-5-4-6-12(15)9-11/h4-9,16H,3H2,1-2H3. The molecule has 1 aromatic carbocycles. The minimum atomic E-state index is -1.08. The fraction of sp³-hybridized carbons (Fsp3) is 0.286. The first-order chi connectivity index (χ1) is 8.06. The summed E-state index contributed by atoms with van der Waals surface area (Å²) >= 11 is 1.55. The van der Waals surface area contributed by atoms with Crippen molar-refractivity contribution in [3.63, 3.8) is 0 Å². The van der Waals surface area contributed by atoms with E-state index in [0.29, 0.717) is 12.0 Å². The molecule has 3 heteroatoms. The topological polar surface area (TPSA) is 20.2 Å². The molecule has 0 saturated heterocycles. The van der Waals surface area contributed by atoms with E-state index in [2.05, 4.69) is 0 Å². The van der Waals surface area contributed by atoms with Gasteiger partial charge in [-0.3, -0.25) is 0 Å². The van der Waals surface area contributed by atoms with Gasteiger partial charge in [0.1, 0.15) is 11.4 Å². The second-order valence-electron chi connectivity index (χ2n) is 4.13. The Bertz CT molecular complexity index is 520. The number of aryl methyl sites for hydroxylation is 1. The van der Waals surface area contributed by atoms with Gasteiger partial charge in [0, 0.05) is 9.75 Å². The van der Waals surface area contributed by atoms with Gasteiger partial charge in [-0.15, -0.1) is 11.3 Å². The van der Waals surface area contributed by atoms with Gasteiger partial charge in [-0.05, 0) is 43.2 Å². The van der Waals surface area contributed by atoms with Crippen LogP contribution in [0.4, 0.5) is 4.39 Å². The van der Waals surface area contributed by atoms with Crippen molar-refractivity contribution in [1.29, 1.82) is 0 Å². The first-order valence-corrected chi connectivity index (χ1v) is 6.43. The Hall–Kier alpha value is -1.19. The lowest BCUT2D eigenvalue weighted by Crippen LogP contribution is -2.25. The molecule has 0 aliphatic carbocycles. The number of halogens is 1. The molecule has 0 aliphatic rings. The third-order valence-corrected chi connectivity index (χ3v) is 4.11. The Morgan fingerprint density at radius 2 is 2.06 bits per heavy atom. The molecule has 1 aromatic heterocycles. The monoisotopic (exact) mass is 250 g/mol. The third-order valence-electron chi connectivity index (χ3n) is 2.96. The van der Waals surface area contributed by atoms with Crippen LogP contribution in [0, 0.1) is 12.7 Å². The SMILES string of the molecule is CCC(O)(c1cccc(F)c1)c1ccc(C)s1. The predicted molar refractivity (Wildman–Crippen MR) is 68.7 cm³/mol. The number of thiophene rings is 1. The highest BCUT2D eigenvalue weighted by molar-refractivity contribution is 7.12. The molecule has 0 radical (unpaired) electrons. The number of benzene rings is 1. The van der Waals surface area contributed by atoms with E-state index in [1.54, 1.807) is 23.5 Å². The largest absolute Gasteiger partial charge is 0.380 e. The van der Waals surface area contributed by atoms with Gasteiger partial charge in [-0.1, -0.05) is 19.1 Å². The molecule has 2 aromatic rings. The van der Waals surface area contributed by atoms with Crippen molar-refractivity contribution in [3.05, 3.63) is 57.5 Å². The molecule has 0 saturated carbocycles. The molecule has 1 atom stereocenters. The van der Waals surface area contributed by atoms with Crippen LogP contribution >= 0.6 is 11.3 Å². The van der Waals surface area contributed by atoms with Crippen molar-refractivity contribution in [1.82, 2.24) is 0 Å². The zero-order chi connectivity index (χ0) is 12.5. The minimum Gasteiger partial charge on any atom is -0.380 e. The lowest BCUT2D eigenvalue weighted by atomic mass is 9.89. The molecular formula is C14H15FOS. The van der Waals surface area contributed by atoms with Gasteiger partial charge in [-0.2, -0.15) is 0 Å². The van der Waals surface area contributed by atoms with Crippen LogP contribution in [0.2, 0.25) is 0 Å². The Labute approximate surface area is 105 Å². The van der Waals surface area contributed by atoms with Crippen molar-refractivity contribution < 1.29 is 9.50 Å². The number of rotatable bonds is 3. The maximum Gasteiger partial charge on any atom is 0.124 e. The summed E-state index contributed by atoms with van der Waals surface area (Å²) < 4.78 is 13.2. The van der Waals surface area contributed by atoms with E-state index < -0.39 is 5.60 Å². The number of aliphatic hydroxyl groups is 1. The van der Waals surface area contributed by atoms with E-state index in [0.717, 1.165) is 9.75 Å². The third kappa shape index (κ3) is 2.26. The summed E-state index contributed by atoms with van der Waals surface area (Å²) in [6.07, 6.45) is 0.524. The number of hydrogen-bond acceptors (Lipinski definition) is 2. The van der Waals surface area contributed by atoms with Gasteiger partial charge >= 0.3 is 0 Å². The second-order valence-corrected chi connectivity index (χ2v) is 5.42. The highest BCUT2D eigenvalue weighted by atomic mass is 32.1. The predicted octanol–water partition coefficient (Wildman–Crippen LogP) is 3.84. The molecule has 0 fully saturated rings. The lowest BCUT2D eigenvalue weighted by molar-refractivity contribution is 0.0800. The Balaban J connectivity index is 2.51. The van der Waals surface area contributed by atoms with Crippen molar-refractivity contribution in [2.45, 2.75) is 25.9 Å². The zero-order valence-corrected chi connectivity index (χ0v) is 10.7. The summed E-state index contributed by atoms with van der Waals surface area (Å²) in [4.78, 5) is 2.01. The normalized spacial score (nSPS) is 14.6. The Morgan fingerprint density at radius 1 is 1.29 bits per heavy atom. The van der Waals surface area contributed by atoms with Gasteiger partial charge in [-0.25, -0.2) is 4.39 Å². The van der Waals surface area contributed by atoms with E-state index >= 15 is 0 Å². The summed E-state index contributed by atoms with van der Waals surface area (Å²) in [6.45, 7) is 3.90. The van der Waals surface area contributed by atoms with Crippen molar-refractivity contribution >= 4 is 11.3 Å². The lowest BCUT2D eigenvalue weighted by Gasteiger charge is -2.26. The van der Waals surface area contributed by atoms with Crippen molar-refractivity contribution in [2.24, 2.45) is 0 Å². The van der Waals surface area contributed by atoms with Gasteiger partial charge in [0.05, 0.1) is 0 Å². The molecule has 1 nitrogen and oxygen atoms in total. The molecule has 1 N–H and O–H groups in total. The van der Waals surface area contributed by atoms with Crippen molar-refractivity contribution in [2.75, 3.05) is 0 Å². The summed E-state index contributed by atoms with van der Waals surface area (Å²) in [5.41, 5.74) is -0.469. The van der Waals surface area contributed by atoms with E-state index in [-0.39, 0.29) is 5.82 Å². The summed E-state index contributed by atoms with van der Waals surface area (Å²) in [5.74, 6) is -0.317.